The fourth-order valence-electron chi connectivity index (χ4n) is 4.93. The van der Waals surface area contributed by atoms with E-state index in [4.69, 9.17) is 16.6 Å². The Bertz CT molecular complexity index is 1250. The number of rotatable bonds is 4. The van der Waals surface area contributed by atoms with Crippen LogP contribution in [0, 0.1) is 6.92 Å². The zero-order valence-corrected chi connectivity index (χ0v) is 17.8. The van der Waals surface area contributed by atoms with E-state index in [-0.39, 0.29) is 27.9 Å². The van der Waals surface area contributed by atoms with E-state index >= 15 is 0 Å². The molecule has 0 amide bonds. The van der Waals surface area contributed by atoms with Gasteiger partial charge in [-0.2, -0.15) is 0 Å². The highest BCUT2D eigenvalue weighted by Gasteiger charge is 2.46. The Morgan fingerprint density at radius 1 is 1.23 bits per heavy atom. The summed E-state index contributed by atoms with van der Waals surface area (Å²) in [5.74, 6) is 0.949. The van der Waals surface area contributed by atoms with Gasteiger partial charge in [-0.1, -0.05) is 24.1 Å². The van der Waals surface area contributed by atoms with Gasteiger partial charge in [-0.3, -0.25) is 14.2 Å². The van der Waals surface area contributed by atoms with E-state index in [1.54, 1.807) is 12.1 Å². The van der Waals surface area contributed by atoms with E-state index in [2.05, 4.69) is 16.4 Å². The first-order valence-corrected chi connectivity index (χ1v) is 10.7. The van der Waals surface area contributed by atoms with Gasteiger partial charge in [0, 0.05) is 17.5 Å². The molecule has 1 spiro atoms. The van der Waals surface area contributed by atoms with Crippen molar-refractivity contribution in [1.82, 2.24) is 14.5 Å². The van der Waals surface area contributed by atoms with Gasteiger partial charge in [0.05, 0.1) is 22.6 Å². The molecule has 30 heavy (non-hydrogen) atoms. The van der Waals surface area contributed by atoms with Crippen LogP contribution in [0.2, 0.25) is 5.15 Å². The van der Waals surface area contributed by atoms with Gasteiger partial charge < -0.3 is 5.32 Å². The van der Waals surface area contributed by atoms with Crippen molar-refractivity contribution in [3.8, 4) is 0 Å². The normalized spacial score (nSPS) is 17.6. The van der Waals surface area contributed by atoms with Crippen molar-refractivity contribution >= 4 is 34.5 Å². The number of aromatic nitrogens is 3. The van der Waals surface area contributed by atoms with E-state index in [0.717, 1.165) is 48.3 Å². The predicted octanol–water partition coefficient (Wildman–Crippen LogP) is 4.56. The Morgan fingerprint density at radius 2 is 2.03 bits per heavy atom. The molecule has 2 aliphatic rings. The molecular weight excluding hydrogens is 400 g/mol. The van der Waals surface area contributed by atoms with Crippen molar-refractivity contribution in [3.63, 3.8) is 0 Å². The highest BCUT2D eigenvalue weighted by molar-refractivity contribution is 6.29. The minimum absolute atomic E-state index is 0.0534. The van der Waals surface area contributed by atoms with Gasteiger partial charge in [0.2, 0.25) is 0 Å². The molecule has 0 radical (unpaired) electrons. The third kappa shape index (κ3) is 2.85. The minimum atomic E-state index is -0.178. The molecule has 7 heteroatoms. The highest BCUT2D eigenvalue weighted by Crippen LogP contribution is 2.49. The average Bonchev–Trinajstić information content (AvgIpc) is 3.10. The summed E-state index contributed by atoms with van der Waals surface area (Å²) in [7, 11) is 0. The summed E-state index contributed by atoms with van der Waals surface area (Å²) in [6.45, 7) is 4.75. The number of pyridine rings is 1. The zero-order chi connectivity index (χ0) is 21.0. The molecule has 2 aromatic heterocycles. The quantitative estimate of drug-likeness (QED) is 0.492. The molecule has 1 aliphatic carbocycles. The van der Waals surface area contributed by atoms with Crippen LogP contribution in [0.25, 0.3) is 10.9 Å². The molecule has 1 aromatic carbocycles. The van der Waals surface area contributed by atoms with E-state index in [0.29, 0.717) is 17.4 Å². The van der Waals surface area contributed by atoms with E-state index in [1.165, 1.54) is 6.42 Å². The second-order valence-electron chi connectivity index (χ2n) is 8.58. The number of benzene rings is 1. The summed E-state index contributed by atoms with van der Waals surface area (Å²) >= 11 is 5.92. The molecule has 1 atom stereocenters. The Labute approximate surface area is 179 Å². The molecule has 1 N–H and O–H groups in total. The van der Waals surface area contributed by atoms with Crippen LogP contribution in [-0.2, 0) is 12.0 Å². The Hall–Kier alpha value is -2.73. The van der Waals surface area contributed by atoms with E-state index in [1.807, 2.05) is 24.5 Å². The second kappa shape index (κ2) is 6.91. The number of hydrogen-bond donors (Lipinski definition) is 1. The molecule has 154 valence electrons. The molecule has 0 bridgehead atoms. The summed E-state index contributed by atoms with van der Waals surface area (Å²) < 4.78 is 1.89. The SMILES string of the molecule is Cc1cc(C(C)Nc2ccc(Cl)nc2C=O)c2nc3n(c(=O)c2c1)CCC31CCC1. The zero-order valence-electron chi connectivity index (χ0n) is 17.0. The summed E-state index contributed by atoms with van der Waals surface area (Å²) in [4.78, 5) is 33.9. The van der Waals surface area contributed by atoms with E-state index in [9.17, 15) is 9.59 Å². The topological polar surface area (TPSA) is 76.9 Å². The van der Waals surface area contributed by atoms with Crippen LogP contribution in [0.5, 0.6) is 0 Å². The molecule has 1 fully saturated rings. The van der Waals surface area contributed by atoms with Crippen molar-refractivity contribution in [1.29, 1.82) is 0 Å². The number of anilines is 1. The first-order valence-electron chi connectivity index (χ1n) is 10.4. The van der Waals surface area contributed by atoms with Gasteiger partial charge in [-0.05, 0) is 56.9 Å². The Kier molecular flexibility index (Phi) is 4.43. The number of nitrogens with zero attached hydrogens (tertiary/aromatic N) is 3. The third-order valence-corrected chi connectivity index (χ3v) is 6.88. The molecular formula is C23H23ClN4O2. The van der Waals surface area contributed by atoms with Crippen molar-refractivity contribution in [2.75, 3.05) is 5.32 Å². The number of carbonyl (C=O) groups is 1. The van der Waals surface area contributed by atoms with Gasteiger partial charge in [-0.25, -0.2) is 9.97 Å². The van der Waals surface area contributed by atoms with Gasteiger partial charge in [-0.15, -0.1) is 0 Å². The van der Waals surface area contributed by atoms with Gasteiger partial charge in [0.1, 0.15) is 16.7 Å². The number of nitrogens with one attached hydrogen (secondary N) is 1. The van der Waals surface area contributed by atoms with Crippen molar-refractivity contribution in [2.24, 2.45) is 0 Å². The van der Waals surface area contributed by atoms with Crippen LogP contribution in [-0.4, -0.2) is 20.8 Å². The monoisotopic (exact) mass is 422 g/mol. The summed E-state index contributed by atoms with van der Waals surface area (Å²) in [5.41, 5.74) is 3.69. The molecule has 1 aliphatic heterocycles. The average molecular weight is 423 g/mol. The molecule has 3 aromatic rings. The van der Waals surface area contributed by atoms with Crippen molar-refractivity contribution in [3.05, 3.63) is 62.4 Å². The number of hydrogen-bond acceptors (Lipinski definition) is 5. The Morgan fingerprint density at radius 3 is 2.73 bits per heavy atom. The molecule has 5 rings (SSSR count). The number of carbonyl (C=O) groups excluding carboxylic acids is 1. The van der Waals surface area contributed by atoms with Gasteiger partial charge >= 0.3 is 0 Å². The van der Waals surface area contributed by atoms with Crippen LogP contribution in [0.15, 0.2) is 29.1 Å². The third-order valence-electron chi connectivity index (χ3n) is 6.67. The predicted molar refractivity (Wildman–Crippen MR) is 118 cm³/mol. The largest absolute Gasteiger partial charge is 0.377 e. The lowest BCUT2D eigenvalue weighted by molar-refractivity contribution is 0.112. The first kappa shape index (κ1) is 19.2. The smallest absolute Gasteiger partial charge is 0.261 e. The highest BCUT2D eigenvalue weighted by atomic mass is 35.5. The molecule has 6 nitrogen and oxygen atoms in total. The molecule has 1 saturated carbocycles. The van der Waals surface area contributed by atoms with E-state index < -0.39 is 0 Å². The van der Waals surface area contributed by atoms with Crippen molar-refractivity contribution < 1.29 is 4.79 Å². The maximum atomic E-state index is 13.3. The standard InChI is InChI=1S/C23H23ClN4O2/c1-13-10-15(14(2)25-17-4-5-19(24)26-18(17)12-29)20-16(11-13)21(30)28-9-8-23(6-3-7-23)22(28)27-20/h4-5,10-12,14,25H,3,6-9H2,1-2H3. The fraction of sp³-hybridized carbons (Fsp3) is 0.391. The summed E-state index contributed by atoms with van der Waals surface area (Å²) in [5, 5.41) is 4.29. The van der Waals surface area contributed by atoms with Crippen molar-refractivity contribution in [2.45, 2.75) is 57.5 Å². The lowest BCUT2D eigenvalue weighted by Crippen LogP contribution is -2.34. The van der Waals surface area contributed by atoms with Crippen LogP contribution in [0.4, 0.5) is 5.69 Å². The van der Waals surface area contributed by atoms with Gasteiger partial charge in [0.25, 0.3) is 5.56 Å². The minimum Gasteiger partial charge on any atom is -0.377 e. The van der Waals surface area contributed by atoms with Crippen LogP contribution < -0.4 is 10.9 Å². The fourth-order valence-corrected chi connectivity index (χ4v) is 5.09. The lowest BCUT2D eigenvalue weighted by atomic mass is 9.67. The summed E-state index contributed by atoms with van der Waals surface area (Å²) in [6.07, 6.45) is 5.11. The number of halogens is 1. The van der Waals surface area contributed by atoms with Crippen LogP contribution in [0.1, 0.15) is 66.1 Å². The molecule has 0 saturated heterocycles. The van der Waals surface area contributed by atoms with Crippen LogP contribution in [0.3, 0.4) is 0 Å². The Balaban J connectivity index is 1.64. The number of aryl methyl sites for hydroxylation is 1. The van der Waals surface area contributed by atoms with Gasteiger partial charge in [0.15, 0.2) is 6.29 Å². The second-order valence-corrected chi connectivity index (χ2v) is 8.96. The van der Waals surface area contributed by atoms with Crippen LogP contribution >= 0.6 is 11.6 Å². The number of fused-ring (bicyclic) bond motifs is 3. The lowest BCUT2D eigenvalue weighted by Gasteiger charge is -2.37. The molecule has 1 unspecified atom stereocenters. The number of aldehydes is 1. The summed E-state index contributed by atoms with van der Waals surface area (Å²) in [6, 6.07) is 7.21. The molecule has 3 heterocycles. The maximum Gasteiger partial charge on any atom is 0.261 e. The first-order chi connectivity index (χ1) is 14.4. The maximum absolute atomic E-state index is 13.3.